The van der Waals surface area contributed by atoms with Crippen molar-refractivity contribution in [2.45, 2.75) is 13.3 Å². The monoisotopic (exact) mass is 437 g/mol. The highest BCUT2D eigenvalue weighted by molar-refractivity contribution is 7.10. The maximum atomic E-state index is 13.4. The summed E-state index contributed by atoms with van der Waals surface area (Å²) in [6, 6.07) is 25.9. The maximum absolute atomic E-state index is 13.4. The maximum Gasteiger partial charge on any atom is 0.193 e. The summed E-state index contributed by atoms with van der Waals surface area (Å²) < 4.78 is 13.3. The van der Waals surface area contributed by atoms with Crippen LogP contribution in [0, 0.1) is 12.7 Å². The van der Waals surface area contributed by atoms with Crippen LogP contribution in [0.2, 0.25) is 0 Å². The molecule has 2 nitrogen and oxygen atoms in total. The summed E-state index contributed by atoms with van der Waals surface area (Å²) in [5.41, 5.74) is 7.33. The lowest BCUT2D eigenvalue weighted by Crippen LogP contribution is -2.02. The molecule has 1 aromatic heterocycles. The summed E-state index contributed by atoms with van der Waals surface area (Å²) in [6.07, 6.45) is 0.639. The number of carbonyl (C=O) groups excluding carboxylic acids is 1. The van der Waals surface area contributed by atoms with Crippen LogP contribution < -0.4 is 0 Å². The van der Waals surface area contributed by atoms with Crippen LogP contribution >= 0.6 is 11.3 Å². The van der Waals surface area contributed by atoms with E-state index in [9.17, 15) is 9.18 Å². The molecule has 0 atom stereocenters. The molecule has 3 aromatic rings. The zero-order valence-corrected chi connectivity index (χ0v) is 18.3. The molecule has 0 spiro atoms. The van der Waals surface area contributed by atoms with Crippen molar-refractivity contribution < 1.29 is 9.18 Å². The van der Waals surface area contributed by atoms with Gasteiger partial charge in [-0.15, -0.1) is 11.3 Å². The van der Waals surface area contributed by atoms with Gasteiger partial charge in [0.25, 0.3) is 0 Å². The average molecular weight is 438 g/mol. The van der Waals surface area contributed by atoms with Crippen molar-refractivity contribution in [3.63, 3.8) is 0 Å². The third-order valence-electron chi connectivity index (χ3n) is 5.74. The van der Waals surface area contributed by atoms with E-state index in [4.69, 9.17) is 4.98 Å². The quantitative estimate of drug-likeness (QED) is 0.273. The van der Waals surface area contributed by atoms with Gasteiger partial charge in [0, 0.05) is 28.5 Å². The molecule has 2 aliphatic carbocycles. The van der Waals surface area contributed by atoms with Crippen LogP contribution in [-0.4, -0.2) is 10.8 Å². The first-order chi connectivity index (χ1) is 15.6. The van der Waals surface area contributed by atoms with Crippen molar-refractivity contribution >= 4 is 17.1 Å². The highest BCUT2D eigenvalue weighted by Crippen LogP contribution is 2.39. The third kappa shape index (κ3) is 3.74. The van der Waals surface area contributed by atoms with Crippen LogP contribution in [0.25, 0.3) is 22.4 Å². The van der Waals surface area contributed by atoms with Crippen molar-refractivity contribution in [2.75, 3.05) is 0 Å². The predicted octanol–water partition coefficient (Wildman–Crippen LogP) is 7.18. The highest BCUT2D eigenvalue weighted by Gasteiger charge is 2.25. The zero-order chi connectivity index (χ0) is 22.1. The molecule has 0 saturated carbocycles. The van der Waals surface area contributed by atoms with Crippen LogP contribution in [0.15, 0.2) is 90.3 Å². The summed E-state index contributed by atoms with van der Waals surface area (Å²) in [6.45, 7) is 2.03. The first-order valence-corrected chi connectivity index (χ1v) is 11.3. The molecular formula is C28H20FNOS. The van der Waals surface area contributed by atoms with E-state index in [0.717, 1.165) is 44.1 Å². The molecule has 0 amide bonds. The molecule has 0 radical (unpaired) electrons. The van der Waals surface area contributed by atoms with Gasteiger partial charge in [0.05, 0.1) is 10.7 Å². The number of fused-ring (bicyclic) bond motifs is 1. The van der Waals surface area contributed by atoms with E-state index in [0.29, 0.717) is 12.0 Å². The zero-order valence-electron chi connectivity index (χ0n) is 17.5. The van der Waals surface area contributed by atoms with Gasteiger partial charge in [-0.3, -0.25) is 4.79 Å². The Kier molecular flexibility index (Phi) is 5.38. The Labute approximate surface area is 190 Å². The summed E-state index contributed by atoms with van der Waals surface area (Å²) in [4.78, 5) is 18.2. The lowest BCUT2D eigenvalue weighted by molar-refractivity contribution is 0.103. The van der Waals surface area contributed by atoms with Gasteiger partial charge in [0.2, 0.25) is 0 Å². The summed E-state index contributed by atoms with van der Waals surface area (Å²) in [5.74, 6) is -0.219. The van der Waals surface area contributed by atoms with Crippen molar-refractivity contribution in [2.24, 2.45) is 0 Å². The molecule has 0 bridgehead atoms. The van der Waals surface area contributed by atoms with E-state index in [2.05, 4.69) is 6.07 Å². The lowest BCUT2D eigenvalue weighted by Gasteiger charge is -2.03. The topological polar surface area (TPSA) is 30.0 Å². The molecule has 0 saturated heterocycles. The summed E-state index contributed by atoms with van der Waals surface area (Å²) in [5, 5.41) is 2.96. The number of halogens is 1. The number of carbonyl (C=O) groups is 1. The third-order valence-corrected chi connectivity index (χ3v) is 6.59. The van der Waals surface area contributed by atoms with Crippen LogP contribution in [0.5, 0.6) is 0 Å². The van der Waals surface area contributed by atoms with Gasteiger partial charge in [-0.1, -0.05) is 60.7 Å². The minimum absolute atomic E-state index is 0.0386. The smallest absolute Gasteiger partial charge is 0.193 e. The SMILES string of the molecule is Cc1c(Cc2nc(-c3ccc(F)cc3)cs2)c2cccccc-2c1C(=O)c1ccccc1. The largest absolute Gasteiger partial charge is 0.289 e. The van der Waals surface area contributed by atoms with Gasteiger partial charge in [0.15, 0.2) is 5.78 Å². The Morgan fingerprint density at radius 1 is 0.875 bits per heavy atom. The molecule has 156 valence electrons. The Bertz CT molecular complexity index is 1370. The molecule has 0 unspecified atom stereocenters. The lowest BCUT2D eigenvalue weighted by atomic mass is 9.99. The minimum Gasteiger partial charge on any atom is -0.289 e. The first kappa shape index (κ1) is 20.3. The van der Waals surface area contributed by atoms with Gasteiger partial charge < -0.3 is 0 Å². The van der Waals surface area contributed by atoms with Crippen LogP contribution in [0.1, 0.15) is 32.1 Å². The fourth-order valence-corrected chi connectivity index (χ4v) is 4.95. The van der Waals surface area contributed by atoms with Crippen LogP contribution in [-0.2, 0) is 6.42 Å². The van der Waals surface area contributed by atoms with E-state index < -0.39 is 0 Å². The number of benzene rings is 2. The van der Waals surface area contributed by atoms with Gasteiger partial charge in [-0.25, -0.2) is 9.37 Å². The number of ketones is 1. The van der Waals surface area contributed by atoms with Crippen LogP contribution in [0.4, 0.5) is 4.39 Å². The molecule has 0 N–H and O–H groups in total. The second-order valence-electron chi connectivity index (χ2n) is 7.72. The molecule has 1 heterocycles. The number of nitrogens with zero attached hydrogens (tertiary/aromatic N) is 1. The molecule has 32 heavy (non-hydrogen) atoms. The minimum atomic E-state index is -0.258. The molecular weight excluding hydrogens is 417 g/mol. The summed E-state index contributed by atoms with van der Waals surface area (Å²) in [7, 11) is 0. The Morgan fingerprint density at radius 3 is 2.25 bits per heavy atom. The van der Waals surface area contributed by atoms with E-state index in [1.807, 2.05) is 66.9 Å². The Balaban J connectivity index is 1.56. The van der Waals surface area contributed by atoms with Crippen molar-refractivity contribution in [3.05, 3.63) is 123 Å². The highest BCUT2D eigenvalue weighted by atomic mass is 32.1. The van der Waals surface area contributed by atoms with E-state index >= 15 is 0 Å². The van der Waals surface area contributed by atoms with E-state index in [-0.39, 0.29) is 11.6 Å². The first-order valence-electron chi connectivity index (χ1n) is 10.4. The number of rotatable bonds is 5. The number of thiazole rings is 1. The number of hydrogen-bond acceptors (Lipinski definition) is 3. The number of hydrogen-bond donors (Lipinski definition) is 0. The molecule has 2 aliphatic rings. The van der Waals surface area contributed by atoms with Gasteiger partial charge >= 0.3 is 0 Å². The normalized spacial score (nSPS) is 11.1. The van der Waals surface area contributed by atoms with Gasteiger partial charge in [-0.05, 0) is 53.4 Å². The number of aromatic nitrogens is 1. The Hall–Kier alpha value is -3.63. The van der Waals surface area contributed by atoms with Gasteiger partial charge in [-0.2, -0.15) is 0 Å². The fraction of sp³-hybridized carbons (Fsp3) is 0.0714. The molecule has 5 rings (SSSR count). The molecule has 2 aromatic carbocycles. The van der Waals surface area contributed by atoms with Gasteiger partial charge in [0.1, 0.15) is 5.82 Å². The van der Waals surface area contributed by atoms with E-state index in [1.54, 1.807) is 23.5 Å². The van der Waals surface area contributed by atoms with Crippen LogP contribution in [0.3, 0.4) is 0 Å². The standard InChI is InChI=1S/C28H20FNOS/c1-18-24(16-26-30-25(17-32-26)19-12-14-21(29)15-13-19)22-10-6-3-7-11-23(22)27(18)28(31)20-8-4-2-5-9-20/h2-15,17H,16H2,1H3. The second-order valence-corrected chi connectivity index (χ2v) is 8.66. The van der Waals surface area contributed by atoms with E-state index in [1.165, 1.54) is 12.1 Å². The fourth-order valence-electron chi connectivity index (χ4n) is 4.13. The summed E-state index contributed by atoms with van der Waals surface area (Å²) >= 11 is 1.58. The molecule has 4 heteroatoms. The molecule has 0 aliphatic heterocycles. The molecule has 0 fully saturated rings. The second kappa shape index (κ2) is 8.48. The van der Waals surface area contributed by atoms with Crippen molar-refractivity contribution in [1.82, 2.24) is 4.98 Å². The Morgan fingerprint density at radius 2 is 1.53 bits per heavy atom. The van der Waals surface area contributed by atoms with Crippen molar-refractivity contribution in [3.8, 4) is 22.4 Å². The predicted molar refractivity (Wildman–Crippen MR) is 128 cm³/mol. The van der Waals surface area contributed by atoms with Crippen molar-refractivity contribution in [1.29, 1.82) is 0 Å². The average Bonchev–Trinajstić information content (AvgIpc) is 3.28.